The first-order valence-electron chi connectivity index (χ1n) is 8.63. The topological polar surface area (TPSA) is 70.7 Å². The summed E-state index contributed by atoms with van der Waals surface area (Å²) < 4.78 is 1.85. The Kier molecular flexibility index (Phi) is 5.32. The van der Waals surface area contributed by atoms with E-state index in [-0.39, 0.29) is 5.91 Å². The van der Waals surface area contributed by atoms with Crippen molar-refractivity contribution < 1.29 is 4.79 Å². The maximum atomic E-state index is 12.8. The number of hydrogen-bond donors (Lipinski definition) is 1. The first-order valence-corrected chi connectivity index (χ1v) is 11.4. The molecule has 3 aromatic rings. The number of amides is 1. The zero-order chi connectivity index (χ0) is 19.9. The third-order valence-electron chi connectivity index (χ3n) is 4.75. The van der Waals surface area contributed by atoms with E-state index in [2.05, 4.69) is 16.5 Å². The molecule has 9 heteroatoms. The van der Waals surface area contributed by atoms with Crippen molar-refractivity contribution in [3.8, 4) is 6.07 Å². The van der Waals surface area contributed by atoms with Crippen molar-refractivity contribution in [3.05, 3.63) is 50.4 Å². The Bertz CT molecular complexity index is 1110. The van der Waals surface area contributed by atoms with E-state index < -0.39 is 5.54 Å². The SMILES string of the molecule is Cc1nn(Cc2ccc(Cl)cc2Cl)c2sc(C(=O)NC3(C#N)CCSC3)cc12. The second-order valence-corrected chi connectivity index (χ2v) is 9.74. The van der Waals surface area contributed by atoms with Gasteiger partial charge < -0.3 is 5.32 Å². The van der Waals surface area contributed by atoms with Crippen LogP contribution in [0, 0.1) is 18.3 Å². The van der Waals surface area contributed by atoms with Crippen molar-refractivity contribution in [1.82, 2.24) is 15.1 Å². The minimum Gasteiger partial charge on any atom is -0.332 e. The normalized spacial score (nSPS) is 19.1. The van der Waals surface area contributed by atoms with Gasteiger partial charge in [0.15, 0.2) is 0 Å². The Morgan fingerprint density at radius 3 is 2.93 bits per heavy atom. The Labute approximate surface area is 180 Å². The third kappa shape index (κ3) is 3.62. The summed E-state index contributed by atoms with van der Waals surface area (Å²) in [7, 11) is 0. The second kappa shape index (κ2) is 7.60. The fraction of sp³-hybridized carbons (Fsp3) is 0.316. The Balaban J connectivity index is 1.63. The lowest BCUT2D eigenvalue weighted by atomic mass is 10.0. The van der Waals surface area contributed by atoms with E-state index in [0.29, 0.717) is 33.6 Å². The maximum absolute atomic E-state index is 12.8. The summed E-state index contributed by atoms with van der Waals surface area (Å²) in [5.41, 5.74) is 0.985. The average molecular weight is 451 g/mol. The summed E-state index contributed by atoms with van der Waals surface area (Å²) in [4.78, 5) is 14.3. The smallest absolute Gasteiger partial charge is 0.262 e. The molecule has 1 aliphatic heterocycles. The molecule has 1 atom stereocenters. The minimum atomic E-state index is -0.768. The standard InChI is InChI=1S/C19H16Cl2N4OS2/c1-11-14-7-16(17(26)23-19(9-22)4-5-27-10-19)28-18(14)25(24-11)8-12-2-3-13(20)6-15(12)21/h2-3,6-7H,4-5,8,10H2,1H3,(H,23,26). The number of nitriles is 1. The highest BCUT2D eigenvalue weighted by atomic mass is 35.5. The number of fused-ring (bicyclic) bond motifs is 1. The van der Waals surface area contributed by atoms with Crippen LogP contribution in [0.3, 0.4) is 0 Å². The molecular formula is C19H16Cl2N4OS2. The third-order valence-corrected chi connectivity index (χ3v) is 7.68. The largest absolute Gasteiger partial charge is 0.332 e. The molecule has 1 unspecified atom stereocenters. The number of rotatable bonds is 4. The van der Waals surface area contributed by atoms with E-state index in [1.54, 1.807) is 23.9 Å². The number of aryl methyl sites for hydroxylation is 1. The average Bonchev–Trinajstić information content (AvgIpc) is 3.36. The molecule has 1 N–H and O–H groups in total. The molecular weight excluding hydrogens is 435 g/mol. The monoisotopic (exact) mass is 450 g/mol. The van der Waals surface area contributed by atoms with Gasteiger partial charge in [-0.25, -0.2) is 0 Å². The zero-order valence-corrected chi connectivity index (χ0v) is 18.1. The van der Waals surface area contributed by atoms with Crippen LogP contribution >= 0.6 is 46.3 Å². The zero-order valence-electron chi connectivity index (χ0n) is 15.0. The molecule has 1 saturated heterocycles. The molecule has 144 valence electrons. The number of carbonyl (C=O) groups is 1. The van der Waals surface area contributed by atoms with E-state index in [0.717, 1.165) is 27.2 Å². The maximum Gasteiger partial charge on any atom is 0.262 e. The molecule has 1 fully saturated rings. The van der Waals surface area contributed by atoms with E-state index >= 15 is 0 Å². The molecule has 4 rings (SSSR count). The van der Waals surface area contributed by atoms with Crippen molar-refractivity contribution in [2.75, 3.05) is 11.5 Å². The first kappa shape index (κ1) is 19.6. The number of halogens is 2. The highest BCUT2D eigenvalue weighted by Gasteiger charge is 2.36. The number of aromatic nitrogens is 2. The van der Waals surface area contributed by atoms with Crippen LogP contribution in [0.4, 0.5) is 0 Å². The van der Waals surface area contributed by atoms with Gasteiger partial charge >= 0.3 is 0 Å². The van der Waals surface area contributed by atoms with E-state index in [9.17, 15) is 10.1 Å². The minimum absolute atomic E-state index is 0.208. The number of hydrogen-bond acceptors (Lipinski definition) is 5. The first-order chi connectivity index (χ1) is 13.4. The van der Waals surface area contributed by atoms with Crippen LogP contribution in [0.1, 0.15) is 27.3 Å². The lowest BCUT2D eigenvalue weighted by Crippen LogP contribution is -2.47. The number of thiophene rings is 1. The Hall–Kier alpha value is -1.72. The molecule has 0 spiro atoms. The molecule has 0 radical (unpaired) electrons. The van der Waals surface area contributed by atoms with Gasteiger partial charge in [-0.15, -0.1) is 11.3 Å². The number of thioether (sulfide) groups is 1. The number of nitrogens with zero attached hydrogens (tertiary/aromatic N) is 3. The van der Waals surface area contributed by atoms with Gasteiger partial charge in [0.2, 0.25) is 0 Å². The van der Waals surface area contributed by atoms with Crippen LogP contribution in [0.5, 0.6) is 0 Å². The molecule has 0 saturated carbocycles. The summed E-state index contributed by atoms with van der Waals surface area (Å²) >= 11 is 15.3. The summed E-state index contributed by atoms with van der Waals surface area (Å²) in [5, 5.41) is 19.1. The Morgan fingerprint density at radius 1 is 1.43 bits per heavy atom. The predicted octanol–water partition coefficient (Wildman–Crippen LogP) is 4.89. The van der Waals surface area contributed by atoms with Gasteiger partial charge in [-0.2, -0.15) is 22.1 Å². The molecule has 1 amide bonds. The highest BCUT2D eigenvalue weighted by Crippen LogP contribution is 2.32. The van der Waals surface area contributed by atoms with Crippen LogP contribution in [0.2, 0.25) is 10.0 Å². The van der Waals surface area contributed by atoms with Gasteiger partial charge in [0.1, 0.15) is 10.4 Å². The predicted molar refractivity (Wildman–Crippen MR) is 116 cm³/mol. The van der Waals surface area contributed by atoms with E-state index in [1.807, 2.05) is 23.7 Å². The van der Waals surface area contributed by atoms with Crippen LogP contribution in [0.15, 0.2) is 24.3 Å². The lowest BCUT2D eigenvalue weighted by molar-refractivity contribution is 0.0930. The van der Waals surface area contributed by atoms with Crippen molar-refractivity contribution in [2.24, 2.45) is 0 Å². The van der Waals surface area contributed by atoms with Crippen molar-refractivity contribution in [2.45, 2.75) is 25.4 Å². The van der Waals surface area contributed by atoms with E-state index in [1.165, 1.54) is 11.3 Å². The van der Waals surface area contributed by atoms with Gasteiger partial charge in [-0.1, -0.05) is 29.3 Å². The van der Waals surface area contributed by atoms with Crippen LogP contribution in [0.25, 0.3) is 10.2 Å². The summed E-state index contributed by atoms with van der Waals surface area (Å²) in [6, 6.07) is 9.52. The number of nitrogens with one attached hydrogen (secondary N) is 1. The van der Waals surface area contributed by atoms with Gasteiger partial charge in [0, 0.05) is 21.2 Å². The molecule has 5 nitrogen and oxygen atoms in total. The molecule has 0 aliphatic carbocycles. The molecule has 28 heavy (non-hydrogen) atoms. The van der Waals surface area contributed by atoms with Crippen molar-refractivity contribution >= 4 is 62.4 Å². The number of benzene rings is 1. The summed E-state index contributed by atoms with van der Waals surface area (Å²) in [6.07, 6.45) is 0.673. The summed E-state index contributed by atoms with van der Waals surface area (Å²) in [5.74, 6) is 1.30. The van der Waals surface area contributed by atoms with Gasteiger partial charge in [-0.05, 0) is 42.9 Å². The second-order valence-electron chi connectivity index (χ2n) is 6.76. The van der Waals surface area contributed by atoms with E-state index in [4.69, 9.17) is 23.2 Å². The lowest BCUT2D eigenvalue weighted by Gasteiger charge is -2.20. The summed E-state index contributed by atoms with van der Waals surface area (Å²) in [6.45, 7) is 2.40. The van der Waals surface area contributed by atoms with Crippen molar-refractivity contribution in [3.63, 3.8) is 0 Å². The van der Waals surface area contributed by atoms with Crippen LogP contribution < -0.4 is 5.32 Å². The van der Waals surface area contributed by atoms with Gasteiger partial charge in [0.05, 0.1) is 23.2 Å². The molecule has 0 bridgehead atoms. The van der Waals surface area contributed by atoms with Gasteiger partial charge in [0.25, 0.3) is 5.91 Å². The van der Waals surface area contributed by atoms with Crippen LogP contribution in [-0.4, -0.2) is 32.7 Å². The molecule has 1 aliphatic rings. The fourth-order valence-electron chi connectivity index (χ4n) is 3.20. The van der Waals surface area contributed by atoms with Crippen molar-refractivity contribution in [1.29, 1.82) is 5.26 Å². The quantitative estimate of drug-likeness (QED) is 0.613. The number of carbonyl (C=O) groups excluding carboxylic acids is 1. The Morgan fingerprint density at radius 2 is 2.25 bits per heavy atom. The van der Waals surface area contributed by atoms with Gasteiger partial charge in [-0.3, -0.25) is 9.48 Å². The van der Waals surface area contributed by atoms with Crippen LogP contribution in [-0.2, 0) is 6.54 Å². The fourth-order valence-corrected chi connectivity index (χ4v) is 5.99. The highest BCUT2D eigenvalue weighted by molar-refractivity contribution is 7.99. The molecule has 2 aromatic heterocycles. The molecule has 3 heterocycles. The molecule has 1 aromatic carbocycles.